The summed E-state index contributed by atoms with van der Waals surface area (Å²) in [6.45, 7) is 5.12. The fourth-order valence-electron chi connectivity index (χ4n) is 1.84. The number of sulfonamides is 1. The van der Waals surface area contributed by atoms with Gasteiger partial charge in [-0.15, -0.1) is 0 Å². The Morgan fingerprint density at radius 1 is 1.29 bits per heavy atom. The van der Waals surface area contributed by atoms with Crippen LogP contribution in [0.1, 0.15) is 25.0 Å². The third kappa shape index (κ3) is 4.23. The number of thiocarbonyl (C=S) groups is 1. The van der Waals surface area contributed by atoms with Gasteiger partial charge in [-0.3, -0.25) is 4.79 Å². The van der Waals surface area contributed by atoms with Crippen LogP contribution in [-0.2, 0) is 14.8 Å². The highest BCUT2D eigenvalue weighted by atomic mass is 32.2. The minimum Gasteiger partial charge on any atom is -0.389 e. The highest BCUT2D eigenvalue weighted by Gasteiger charge is 2.26. The number of carbonyl (C=O) groups is 1. The van der Waals surface area contributed by atoms with Crippen LogP contribution in [0, 0.1) is 12.8 Å². The molecule has 1 aromatic rings. The second kappa shape index (κ2) is 6.50. The largest absolute Gasteiger partial charge is 0.389 e. The summed E-state index contributed by atoms with van der Waals surface area (Å²) < 4.78 is 26.9. The molecule has 116 valence electrons. The van der Waals surface area contributed by atoms with Gasteiger partial charge in [0.05, 0.1) is 4.90 Å². The van der Waals surface area contributed by atoms with E-state index in [1.807, 2.05) is 0 Å². The highest BCUT2D eigenvalue weighted by molar-refractivity contribution is 7.89. The van der Waals surface area contributed by atoms with Gasteiger partial charge in [0.1, 0.15) is 11.0 Å². The first kappa shape index (κ1) is 17.5. The number of nitrogens with two attached hydrogens (primary N) is 2. The molecule has 6 nitrogen and oxygen atoms in total. The molecule has 0 fully saturated rings. The van der Waals surface area contributed by atoms with Crippen molar-refractivity contribution in [3.05, 3.63) is 29.3 Å². The molecule has 0 aliphatic carbocycles. The third-order valence-electron chi connectivity index (χ3n) is 3.03. The molecule has 1 amide bonds. The molecule has 1 unspecified atom stereocenters. The molecule has 0 aromatic heterocycles. The van der Waals surface area contributed by atoms with E-state index in [0.717, 1.165) is 0 Å². The second-order valence-electron chi connectivity index (χ2n) is 5.09. The zero-order valence-electron chi connectivity index (χ0n) is 12.1. The molecule has 0 aliphatic rings. The number of amides is 1. The molecule has 5 N–H and O–H groups in total. The van der Waals surface area contributed by atoms with Crippen molar-refractivity contribution < 1.29 is 13.2 Å². The summed E-state index contributed by atoms with van der Waals surface area (Å²) in [5.74, 6) is -0.973. The van der Waals surface area contributed by atoms with Gasteiger partial charge in [0.2, 0.25) is 15.9 Å². The van der Waals surface area contributed by atoms with E-state index in [-0.39, 0.29) is 15.8 Å². The zero-order chi connectivity index (χ0) is 16.4. The molecule has 21 heavy (non-hydrogen) atoms. The van der Waals surface area contributed by atoms with Crippen molar-refractivity contribution >= 4 is 33.1 Å². The van der Waals surface area contributed by atoms with Gasteiger partial charge in [-0.25, -0.2) is 8.42 Å². The van der Waals surface area contributed by atoms with Gasteiger partial charge >= 0.3 is 0 Å². The number of hydrogen-bond donors (Lipinski definition) is 3. The molecule has 0 heterocycles. The van der Waals surface area contributed by atoms with Crippen molar-refractivity contribution in [2.75, 3.05) is 0 Å². The zero-order valence-corrected chi connectivity index (χ0v) is 13.7. The van der Waals surface area contributed by atoms with E-state index in [9.17, 15) is 13.2 Å². The summed E-state index contributed by atoms with van der Waals surface area (Å²) in [4.78, 5) is 11.6. The lowest BCUT2D eigenvalue weighted by atomic mass is 10.1. The van der Waals surface area contributed by atoms with Gasteiger partial charge in [0.15, 0.2) is 0 Å². The van der Waals surface area contributed by atoms with Gasteiger partial charge < -0.3 is 11.5 Å². The number of aryl methyl sites for hydroxylation is 1. The lowest BCUT2D eigenvalue weighted by Gasteiger charge is -2.19. The average molecular weight is 329 g/mol. The molecule has 0 aliphatic heterocycles. The minimum absolute atomic E-state index is 0.0342. The van der Waals surface area contributed by atoms with Crippen LogP contribution in [0.3, 0.4) is 0 Å². The van der Waals surface area contributed by atoms with Gasteiger partial charge in [-0.05, 0) is 30.5 Å². The summed E-state index contributed by atoms with van der Waals surface area (Å²) in [6, 6.07) is 3.42. The van der Waals surface area contributed by atoms with Crippen LogP contribution in [-0.4, -0.2) is 25.4 Å². The van der Waals surface area contributed by atoms with Crippen LogP contribution in [0.25, 0.3) is 0 Å². The Kier molecular flexibility index (Phi) is 5.43. The number of nitrogens with one attached hydrogen (secondary N) is 1. The summed E-state index contributed by atoms with van der Waals surface area (Å²) >= 11 is 4.88. The Bertz CT molecular complexity index is 669. The smallest absolute Gasteiger partial charge is 0.241 e. The maximum atomic E-state index is 12.3. The van der Waals surface area contributed by atoms with Crippen molar-refractivity contribution in [1.29, 1.82) is 0 Å². The van der Waals surface area contributed by atoms with Gasteiger partial charge in [0, 0.05) is 5.56 Å². The molecule has 0 bridgehead atoms. The third-order valence-corrected chi connectivity index (χ3v) is 4.69. The molecule has 0 saturated carbocycles. The SMILES string of the molecule is Cc1cc(S(=O)(=O)NC(C(N)=O)C(C)C)ccc1C(N)=S. The van der Waals surface area contributed by atoms with Crippen LogP contribution >= 0.6 is 12.2 Å². The summed E-state index contributed by atoms with van der Waals surface area (Å²) in [6.07, 6.45) is 0. The number of rotatable bonds is 6. The fourth-order valence-corrected chi connectivity index (χ4v) is 3.50. The van der Waals surface area contributed by atoms with Crippen LogP contribution < -0.4 is 16.2 Å². The van der Waals surface area contributed by atoms with Gasteiger partial charge in [-0.2, -0.15) is 4.72 Å². The van der Waals surface area contributed by atoms with Crippen molar-refractivity contribution in [3.63, 3.8) is 0 Å². The summed E-state index contributed by atoms with van der Waals surface area (Å²) in [5.41, 5.74) is 12.0. The number of hydrogen-bond acceptors (Lipinski definition) is 4. The molecular weight excluding hydrogens is 310 g/mol. The van der Waals surface area contributed by atoms with Crippen LogP contribution in [0.2, 0.25) is 0 Å². The monoisotopic (exact) mass is 329 g/mol. The van der Waals surface area contributed by atoms with Gasteiger partial charge in [-0.1, -0.05) is 32.1 Å². The Hall–Kier alpha value is -1.51. The Balaban J connectivity index is 3.17. The van der Waals surface area contributed by atoms with Crippen LogP contribution in [0.5, 0.6) is 0 Å². The topological polar surface area (TPSA) is 115 Å². The van der Waals surface area contributed by atoms with Crippen molar-refractivity contribution in [3.8, 4) is 0 Å². The summed E-state index contributed by atoms with van der Waals surface area (Å²) in [5, 5.41) is 0. The molecular formula is C13H19N3O3S2. The highest BCUT2D eigenvalue weighted by Crippen LogP contribution is 2.17. The number of primary amides is 1. The van der Waals surface area contributed by atoms with Crippen LogP contribution in [0.15, 0.2) is 23.1 Å². The average Bonchev–Trinajstić information content (AvgIpc) is 2.34. The first-order valence-corrected chi connectivity index (χ1v) is 8.17. The van der Waals surface area contributed by atoms with Crippen molar-refractivity contribution in [2.45, 2.75) is 31.7 Å². The lowest BCUT2D eigenvalue weighted by Crippen LogP contribution is -2.47. The lowest BCUT2D eigenvalue weighted by molar-refractivity contribution is -0.120. The van der Waals surface area contributed by atoms with E-state index in [0.29, 0.717) is 11.1 Å². The normalized spacial score (nSPS) is 13.1. The first-order chi connectivity index (χ1) is 9.56. The molecule has 1 aromatic carbocycles. The molecule has 0 radical (unpaired) electrons. The van der Waals surface area contributed by atoms with E-state index < -0.39 is 22.0 Å². The molecule has 1 rings (SSSR count). The Morgan fingerprint density at radius 3 is 2.24 bits per heavy atom. The fraction of sp³-hybridized carbons (Fsp3) is 0.385. The molecule has 0 spiro atoms. The maximum Gasteiger partial charge on any atom is 0.241 e. The summed E-state index contributed by atoms with van der Waals surface area (Å²) in [7, 11) is -3.85. The molecule has 8 heteroatoms. The molecule has 1 atom stereocenters. The molecule has 0 saturated heterocycles. The Morgan fingerprint density at radius 2 is 1.86 bits per heavy atom. The van der Waals surface area contributed by atoms with E-state index in [1.54, 1.807) is 26.8 Å². The Labute approximate surface area is 129 Å². The second-order valence-corrected chi connectivity index (χ2v) is 7.24. The van der Waals surface area contributed by atoms with Gasteiger partial charge in [0.25, 0.3) is 0 Å². The number of benzene rings is 1. The van der Waals surface area contributed by atoms with Crippen molar-refractivity contribution in [1.82, 2.24) is 4.72 Å². The van der Waals surface area contributed by atoms with E-state index in [2.05, 4.69) is 4.72 Å². The van der Waals surface area contributed by atoms with E-state index in [4.69, 9.17) is 23.7 Å². The maximum absolute atomic E-state index is 12.3. The first-order valence-electron chi connectivity index (χ1n) is 6.28. The predicted octanol–water partition coefficient (Wildman–Crippen LogP) is 0.417. The quantitative estimate of drug-likeness (QED) is 0.654. The van der Waals surface area contributed by atoms with Crippen molar-refractivity contribution in [2.24, 2.45) is 17.4 Å². The predicted molar refractivity (Wildman–Crippen MR) is 85.2 cm³/mol. The standard InChI is InChI=1S/C13H19N3O3S2/c1-7(2)11(12(14)17)16-21(18,19)9-4-5-10(13(15)20)8(3)6-9/h4-7,11,16H,1-3H3,(H2,14,17)(H2,15,20). The van der Waals surface area contributed by atoms with E-state index in [1.165, 1.54) is 12.1 Å². The number of carbonyl (C=O) groups excluding carboxylic acids is 1. The van der Waals surface area contributed by atoms with Crippen LogP contribution in [0.4, 0.5) is 0 Å². The van der Waals surface area contributed by atoms with E-state index >= 15 is 0 Å². The minimum atomic E-state index is -3.85.